The van der Waals surface area contributed by atoms with E-state index in [1.54, 1.807) is 11.6 Å². The van der Waals surface area contributed by atoms with Gasteiger partial charge in [-0.2, -0.15) is 4.99 Å². The van der Waals surface area contributed by atoms with E-state index in [9.17, 15) is 14.4 Å². The van der Waals surface area contributed by atoms with Crippen molar-refractivity contribution in [2.45, 2.75) is 52.3 Å². The summed E-state index contributed by atoms with van der Waals surface area (Å²) in [4.78, 5) is 41.9. The van der Waals surface area contributed by atoms with Crippen LogP contribution in [0.5, 0.6) is 5.75 Å². The third kappa shape index (κ3) is 6.25. The van der Waals surface area contributed by atoms with Crippen LogP contribution in [-0.2, 0) is 21.1 Å². The molecule has 3 N–H and O–H groups in total. The largest absolute Gasteiger partial charge is 0.496 e. The van der Waals surface area contributed by atoms with Gasteiger partial charge < -0.3 is 20.5 Å². The number of ether oxygens (including phenoxy) is 2. The van der Waals surface area contributed by atoms with Gasteiger partial charge in [0.1, 0.15) is 11.8 Å². The number of thiazole rings is 1. The van der Waals surface area contributed by atoms with Gasteiger partial charge in [-0.05, 0) is 24.8 Å². The number of anilines is 1. The highest BCUT2D eigenvalue weighted by Gasteiger charge is 2.24. The van der Waals surface area contributed by atoms with Crippen LogP contribution in [0.3, 0.4) is 0 Å². The van der Waals surface area contributed by atoms with Crippen molar-refractivity contribution in [3.63, 3.8) is 0 Å². The molecule has 1 heterocycles. The van der Waals surface area contributed by atoms with Crippen molar-refractivity contribution in [3.05, 3.63) is 39.1 Å². The fourth-order valence-corrected chi connectivity index (χ4v) is 4.47. The second-order valence-corrected chi connectivity index (χ2v) is 9.72. The van der Waals surface area contributed by atoms with Crippen LogP contribution in [0.15, 0.2) is 28.7 Å². The Hall–Kier alpha value is -2.69. The van der Waals surface area contributed by atoms with E-state index in [1.165, 1.54) is 35.1 Å². The maximum atomic E-state index is 12.9. The van der Waals surface area contributed by atoms with Crippen LogP contribution in [0.1, 0.15) is 49.9 Å². The molecule has 1 aliphatic carbocycles. The Morgan fingerprint density at radius 3 is 2.65 bits per heavy atom. The average Bonchev–Trinajstić information content (AvgIpc) is 3.50. The van der Waals surface area contributed by atoms with Crippen molar-refractivity contribution in [3.8, 4) is 5.75 Å². The van der Waals surface area contributed by atoms with Crippen LogP contribution in [-0.4, -0.2) is 35.5 Å². The minimum absolute atomic E-state index is 0.0307. The lowest BCUT2D eigenvalue weighted by Gasteiger charge is -2.15. The standard InChI is InChI=1S/C23H29ClN4O5S/c1-13(2)19(25)22(31)33-12-28-8-9-34-23(28)27-21(30)15-10-16(24)17(11-18(15)32-3)26-20(29)14-6-4-5-7-14/h8-11,13-14,19H,4-7,12,25H2,1-3H3,(H,26,29). The lowest BCUT2D eigenvalue weighted by atomic mass is 10.1. The zero-order valence-corrected chi connectivity index (χ0v) is 20.9. The van der Waals surface area contributed by atoms with Crippen LogP contribution in [0.2, 0.25) is 5.02 Å². The van der Waals surface area contributed by atoms with Gasteiger partial charge in [0, 0.05) is 23.6 Å². The molecule has 1 fully saturated rings. The van der Waals surface area contributed by atoms with Gasteiger partial charge in [0.05, 0.1) is 23.4 Å². The second-order valence-electron chi connectivity index (χ2n) is 8.44. The molecule has 0 saturated heterocycles. The Morgan fingerprint density at radius 2 is 2.00 bits per heavy atom. The maximum Gasteiger partial charge on any atom is 0.324 e. The van der Waals surface area contributed by atoms with Gasteiger partial charge in [0.2, 0.25) is 5.91 Å². The third-order valence-corrected chi connectivity index (χ3v) is 6.80. The zero-order chi connectivity index (χ0) is 24.8. The minimum atomic E-state index is -0.736. The van der Waals surface area contributed by atoms with Crippen molar-refractivity contribution in [1.82, 2.24) is 4.57 Å². The summed E-state index contributed by atoms with van der Waals surface area (Å²) in [6.07, 6.45) is 5.44. The molecule has 0 radical (unpaired) electrons. The molecule has 2 aromatic rings. The third-order valence-electron chi connectivity index (χ3n) is 5.70. The summed E-state index contributed by atoms with van der Waals surface area (Å²) in [5.41, 5.74) is 6.33. The molecule has 1 aromatic carbocycles. The molecule has 184 valence electrons. The van der Waals surface area contributed by atoms with Crippen molar-refractivity contribution in [2.75, 3.05) is 12.4 Å². The van der Waals surface area contributed by atoms with Gasteiger partial charge in [0.25, 0.3) is 5.91 Å². The molecule has 2 amide bonds. The summed E-state index contributed by atoms with van der Waals surface area (Å²) < 4.78 is 12.1. The lowest BCUT2D eigenvalue weighted by molar-refractivity contribution is -0.150. The number of aromatic nitrogens is 1. The van der Waals surface area contributed by atoms with E-state index in [4.69, 9.17) is 26.8 Å². The minimum Gasteiger partial charge on any atom is -0.496 e. The second kappa shape index (κ2) is 11.6. The predicted molar refractivity (Wildman–Crippen MR) is 130 cm³/mol. The van der Waals surface area contributed by atoms with Gasteiger partial charge in [-0.15, -0.1) is 11.3 Å². The molecule has 3 rings (SSSR count). The van der Waals surface area contributed by atoms with Crippen LogP contribution in [0.25, 0.3) is 0 Å². The van der Waals surface area contributed by atoms with Crippen molar-refractivity contribution in [2.24, 2.45) is 22.6 Å². The van der Waals surface area contributed by atoms with Crippen LogP contribution in [0, 0.1) is 11.8 Å². The van der Waals surface area contributed by atoms with E-state index in [0.29, 0.717) is 10.5 Å². The fraction of sp³-hybridized carbons (Fsp3) is 0.478. The SMILES string of the molecule is COc1cc(NC(=O)C2CCCC2)c(Cl)cc1C(=O)N=c1sccn1COC(=O)C(N)C(C)C. The quantitative estimate of drug-likeness (QED) is 0.525. The van der Waals surface area contributed by atoms with E-state index < -0.39 is 17.9 Å². The van der Waals surface area contributed by atoms with Crippen LogP contribution in [0.4, 0.5) is 5.69 Å². The molecule has 0 bridgehead atoms. The molecule has 1 atom stereocenters. The van der Waals surface area contributed by atoms with Gasteiger partial charge >= 0.3 is 5.97 Å². The predicted octanol–water partition coefficient (Wildman–Crippen LogP) is 3.57. The Labute approximate surface area is 206 Å². The highest BCUT2D eigenvalue weighted by atomic mass is 35.5. The molecule has 1 saturated carbocycles. The normalized spacial score (nSPS) is 15.4. The Bertz CT molecular complexity index is 1120. The number of halogens is 1. The highest BCUT2D eigenvalue weighted by Crippen LogP contribution is 2.33. The number of carbonyl (C=O) groups is 3. The molecule has 1 aromatic heterocycles. The number of nitrogens with two attached hydrogens (primary N) is 1. The van der Waals surface area contributed by atoms with Crippen molar-refractivity contribution in [1.29, 1.82) is 0 Å². The summed E-state index contributed by atoms with van der Waals surface area (Å²) in [6.45, 7) is 3.53. The Kier molecular flexibility index (Phi) is 8.87. The number of amides is 2. The average molecular weight is 509 g/mol. The van der Waals surface area contributed by atoms with Gasteiger partial charge in [0.15, 0.2) is 11.5 Å². The lowest BCUT2D eigenvalue weighted by Crippen LogP contribution is -2.37. The zero-order valence-electron chi connectivity index (χ0n) is 19.4. The van der Waals surface area contributed by atoms with Crippen LogP contribution < -0.4 is 20.6 Å². The molecular formula is C23H29ClN4O5S. The van der Waals surface area contributed by atoms with Gasteiger partial charge in [-0.3, -0.25) is 19.0 Å². The topological polar surface area (TPSA) is 125 Å². The summed E-state index contributed by atoms with van der Waals surface area (Å²) in [5, 5.41) is 4.76. The first-order valence-electron chi connectivity index (χ1n) is 11.0. The number of esters is 1. The number of methoxy groups -OCH3 is 1. The summed E-state index contributed by atoms with van der Waals surface area (Å²) in [6, 6.07) is 2.21. The van der Waals surface area contributed by atoms with E-state index >= 15 is 0 Å². The van der Waals surface area contributed by atoms with Crippen molar-refractivity contribution < 1.29 is 23.9 Å². The van der Waals surface area contributed by atoms with Gasteiger partial charge in [-0.25, -0.2) is 0 Å². The Balaban J connectivity index is 1.78. The molecule has 11 heteroatoms. The van der Waals surface area contributed by atoms with E-state index in [0.717, 1.165) is 25.7 Å². The first-order chi connectivity index (χ1) is 16.2. The number of nitrogens with zero attached hydrogens (tertiary/aromatic N) is 2. The smallest absolute Gasteiger partial charge is 0.324 e. The summed E-state index contributed by atoms with van der Waals surface area (Å²) in [7, 11) is 1.42. The van der Waals surface area contributed by atoms with E-state index in [-0.39, 0.29) is 40.8 Å². The number of benzene rings is 1. The number of rotatable bonds is 8. The van der Waals surface area contributed by atoms with E-state index in [2.05, 4.69) is 10.3 Å². The maximum absolute atomic E-state index is 12.9. The van der Waals surface area contributed by atoms with Gasteiger partial charge in [-0.1, -0.05) is 38.3 Å². The number of nitrogens with one attached hydrogen (secondary N) is 1. The first kappa shape index (κ1) is 25.9. The highest BCUT2D eigenvalue weighted by molar-refractivity contribution is 7.07. The number of carbonyl (C=O) groups excluding carboxylic acids is 3. The molecular weight excluding hydrogens is 480 g/mol. The van der Waals surface area contributed by atoms with E-state index in [1.807, 2.05) is 13.8 Å². The molecule has 9 nitrogen and oxygen atoms in total. The summed E-state index contributed by atoms with van der Waals surface area (Å²) in [5.74, 6) is -1.07. The first-order valence-corrected chi connectivity index (χ1v) is 12.3. The monoisotopic (exact) mass is 508 g/mol. The molecule has 1 aliphatic rings. The number of hydrogen-bond donors (Lipinski definition) is 2. The molecule has 1 unspecified atom stereocenters. The molecule has 34 heavy (non-hydrogen) atoms. The van der Waals surface area contributed by atoms with Crippen LogP contribution >= 0.6 is 22.9 Å². The molecule has 0 spiro atoms. The van der Waals surface area contributed by atoms with Crippen molar-refractivity contribution >= 4 is 46.4 Å². The fourth-order valence-electron chi connectivity index (χ4n) is 3.54. The summed E-state index contributed by atoms with van der Waals surface area (Å²) >= 11 is 7.57. The molecule has 0 aliphatic heterocycles. The Morgan fingerprint density at radius 1 is 1.29 bits per heavy atom. The number of hydrogen-bond acceptors (Lipinski definition) is 7.